The summed E-state index contributed by atoms with van der Waals surface area (Å²) in [5, 5.41) is 13.9. The Morgan fingerprint density at radius 1 is 0.935 bits per heavy atom. The predicted octanol–water partition coefficient (Wildman–Crippen LogP) is 4.42. The molecule has 3 aromatic carbocycles. The van der Waals surface area contributed by atoms with Crippen LogP contribution in [0.5, 0.6) is 0 Å². The van der Waals surface area contributed by atoms with Crippen molar-refractivity contribution in [1.82, 2.24) is 5.43 Å². The summed E-state index contributed by atoms with van der Waals surface area (Å²) in [6.45, 7) is 1.84. The second kappa shape index (κ2) is 9.32. The van der Waals surface area contributed by atoms with Gasteiger partial charge in [0.15, 0.2) is 5.11 Å². The molecule has 0 saturated heterocycles. The molecule has 0 unspecified atom stereocenters. The number of rotatable bonds is 5. The SMILES string of the molecule is CC1=NN(c2ccccc2)C(=O)[C@@H]1/C(=N/NC(=S)Nc1ccccc1)c1ccccc1. The van der Waals surface area contributed by atoms with Crippen LogP contribution in [0.3, 0.4) is 0 Å². The minimum absolute atomic E-state index is 0.157. The fourth-order valence-electron chi connectivity index (χ4n) is 3.33. The number of hydrogen-bond acceptors (Lipinski definition) is 4. The largest absolute Gasteiger partial charge is 0.331 e. The van der Waals surface area contributed by atoms with E-state index in [0.29, 0.717) is 16.5 Å². The summed E-state index contributed by atoms with van der Waals surface area (Å²) in [6.07, 6.45) is 0. The average Bonchev–Trinajstić information content (AvgIpc) is 3.10. The number of nitrogens with one attached hydrogen (secondary N) is 2. The van der Waals surface area contributed by atoms with Gasteiger partial charge in [0.1, 0.15) is 5.92 Å². The summed E-state index contributed by atoms with van der Waals surface area (Å²) < 4.78 is 0. The molecule has 4 rings (SSSR count). The summed E-state index contributed by atoms with van der Waals surface area (Å²) in [5.41, 5.74) is 6.50. The van der Waals surface area contributed by atoms with Gasteiger partial charge in [0, 0.05) is 5.69 Å². The molecule has 6 nitrogen and oxygen atoms in total. The Morgan fingerprint density at radius 2 is 1.52 bits per heavy atom. The maximum atomic E-state index is 13.3. The Hall–Kier alpha value is -3.84. The van der Waals surface area contributed by atoms with Gasteiger partial charge in [-0.25, -0.2) is 0 Å². The van der Waals surface area contributed by atoms with Crippen LogP contribution in [0.4, 0.5) is 11.4 Å². The maximum Gasteiger partial charge on any atom is 0.262 e. The van der Waals surface area contributed by atoms with Crippen molar-refractivity contribution >= 4 is 46.0 Å². The number of carbonyl (C=O) groups excluding carboxylic acids is 1. The molecular formula is C24H21N5OS. The second-order valence-electron chi connectivity index (χ2n) is 6.96. The van der Waals surface area contributed by atoms with Crippen LogP contribution in [-0.2, 0) is 4.79 Å². The van der Waals surface area contributed by atoms with E-state index in [9.17, 15) is 4.79 Å². The number of hydrogen-bond donors (Lipinski definition) is 2. The highest BCUT2D eigenvalue weighted by Gasteiger charge is 2.38. The summed E-state index contributed by atoms with van der Waals surface area (Å²) in [6, 6.07) is 28.5. The first-order valence-corrected chi connectivity index (χ1v) is 10.2. The summed E-state index contributed by atoms with van der Waals surface area (Å²) in [5.74, 6) is -0.773. The molecule has 7 heteroatoms. The van der Waals surface area contributed by atoms with E-state index in [2.05, 4.69) is 20.9 Å². The lowest BCUT2D eigenvalue weighted by atomic mass is 9.93. The van der Waals surface area contributed by atoms with Crippen LogP contribution in [0, 0.1) is 5.92 Å². The van der Waals surface area contributed by atoms with Crippen LogP contribution >= 0.6 is 12.2 Å². The molecule has 0 aromatic heterocycles. The number of thiocarbonyl (C=S) groups is 1. The van der Waals surface area contributed by atoms with Crippen LogP contribution in [0.15, 0.2) is 101 Å². The van der Waals surface area contributed by atoms with Crippen LogP contribution in [0.25, 0.3) is 0 Å². The monoisotopic (exact) mass is 427 g/mol. The smallest absolute Gasteiger partial charge is 0.262 e. The Labute approximate surface area is 186 Å². The second-order valence-corrected chi connectivity index (χ2v) is 7.36. The molecule has 1 aliphatic rings. The lowest BCUT2D eigenvalue weighted by Gasteiger charge is -2.17. The molecule has 1 atom stereocenters. The zero-order chi connectivity index (χ0) is 21.6. The van der Waals surface area contributed by atoms with Crippen molar-refractivity contribution in [1.29, 1.82) is 0 Å². The van der Waals surface area contributed by atoms with Gasteiger partial charge >= 0.3 is 0 Å². The highest BCUT2D eigenvalue weighted by Crippen LogP contribution is 2.26. The van der Waals surface area contributed by atoms with E-state index >= 15 is 0 Å². The highest BCUT2D eigenvalue weighted by molar-refractivity contribution is 7.80. The standard InChI is InChI=1S/C24H21N5OS/c1-17-21(23(30)29(28-17)20-15-9-4-10-16-20)22(18-11-5-2-6-12-18)26-27-24(31)25-19-13-7-3-8-14-19/h2-16,21H,1H3,(H2,25,27,31)/b26-22+/t21-/m0/s1. The van der Waals surface area contributed by atoms with Gasteiger partial charge in [-0.05, 0) is 49.0 Å². The van der Waals surface area contributed by atoms with Crippen molar-refractivity contribution < 1.29 is 4.79 Å². The van der Waals surface area contributed by atoms with Gasteiger partial charge in [-0.15, -0.1) is 0 Å². The number of anilines is 2. The number of amides is 1. The molecular weight excluding hydrogens is 406 g/mol. The Morgan fingerprint density at radius 3 is 2.16 bits per heavy atom. The van der Waals surface area contributed by atoms with Crippen molar-refractivity contribution in [2.45, 2.75) is 6.92 Å². The first kappa shape index (κ1) is 20.4. The normalized spacial score (nSPS) is 16.1. The molecule has 0 saturated carbocycles. The van der Waals surface area contributed by atoms with Crippen LogP contribution in [-0.4, -0.2) is 22.4 Å². The van der Waals surface area contributed by atoms with E-state index < -0.39 is 5.92 Å². The van der Waals surface area contributed by atoms with Crippen LogP contribution in [0.2, 0.25) is 0 Å². The molecule has 2 N–H and O–H groups in total. The molecule has 1 amide bonds. The summed E-state index contributed by atoms with van der Waals surface area (Å²) in [4.78, 5) is 13.3. The molecule has 154 valence electrons. The quantitative estimate of drug-likeness (QED) is 0.359. The van der Waals surface area contributed by atoms with Crippen molar-refractivity contribution in [3.05, 3.63) is 96.6 Å². The minimum atomic E-state index is -0.616. The zero-order valence-electron chi connectivity index (χ0n) is 16.9. The van der Waals surface area contributed by atoms with Crippen molar-refractivity contribution in [3.63, 3.8) is 0 Å². The number of nitrogens with zero attached hydrogens (tertiary/aromatic N) is 3. The number of benzene rings is 3. The van der Waals surface area contributed by atoms with Gasteiger partial charge in [0.05, 0.1) is 17.1 Å². The third-order valence-corrected chi connectivity index (χ3v) is 4.98. The van der Waals surface area contributed by atoms with Crippen molar-refractivity contribution in [3.8, 4) is 0 Å². The zero-order valence-corrected chi connectivity index (χ0v) is 17.7. The van der Waals surface area contributed by atoms with Gasteiger partial charge in [0.25, 0.3) is 5.91 Å². The molecule has 0 radical (unpaired) electrons. The number of hydrazone groups is 2. The summed E-state index contributed by atoms with van der Waals surface area (Å²) in [7, 11) is 0. The molecule has 0 aliphatic carbocycles. The Kier molecular flexibility index (Phi) is 6.14. The molecule has 3 aromatic rings. The lowest BCUT2D eigenvalue weighted by molar-refractivity contribution is -0.118. The minimum Gasteiger partial charge on any atom is -0.331 e. The van der Waals surface area contributed by atoms with Gasteiger partial charge in [-0.2, -0.15) is 15.2 Å². The van der Waals surface area contributed by atoms with Gasteiger partial charge in [-0.3, -0.25) is 10.2 Å². The van der Waals surface area contributed by atoms with E-state index in [1.165, 1.54) is 5.01 Å². The third-order valence-electron chi connectivity index (χ3n) is 4.78. The fourth-order valence-corrected chi connectivity index (χ4v) is 3.49. The summed E-state index contributed by atoms with van der Waals surface area (Å²) >= 11 is 5.38. The third kappa shape index (κ3) is 4.67. The van der Waals surface area contributed by atoms with E-state index in [0.717, 1.165) is 16.9 Å². The molecule has 1 aliphatic heterocycles. The maximum absolute atomic E-state index is 13.3. The van der Waals surface area contributed by atoms with Crippen LogP contribution < -0.4 is 15.8 Å². The first-order valence-electron chi connectivity index (χ1n) is 9.82. The average molecular weight is 428 g/mol. The molecule has 0 bridgehead atoms. The number of carbonyl (C=O) groups is 1. The lowest BCUT2D eigenvalue weighted by Crippen LogP contribution is -2.35. The molecule has 1 heterocycles. The van der Waals surface area contributed by atoms with E-state index in [1.54, 1.807) is 0 Å². The predicted molar refractivity (Wildman–Crippen MR) is 129 cm³/mol. The van der Waals surface area contributed by atoms with E-state index in [1.807, 2.05) is 97.9 Å². The fraction of sp³-hybridized carbons (Fsp3) is 0.0833. The van der Waals surface area contributed by atoms with E-state index in [-0.39, 0.29) is 5.91 Å². The first-order chi connectivity index (χ1) is 15.1. The number of para-hydroxylation sites is 2. The Bertz CT molecular complexity index is 1130. The van der Waals surface area contributed by atoms with Crippen LogP contribution in [0.1, 0.15) is 12.5 Å². The highest BCUT2D eigenvalue weighted by atomic mass is 32.1. The van der Waals surface area contributed by atoms with Gasteiger partial charge in [-0.1, -0.05) is 66.7 Å². The van der Waals surface area contributed by atoms with Crippen molar-refractivity contribution in [2.24, 2.45) is 16.1 Å². The van der Waals surface area contributed by atoms with Gasteiger partial charge in [0.2, 0.25) is 0 Å². The van der Waals surface area contributed by atoms with Gasteiger partial charge < -0.3 is 5.32 Å². The topological polar surface area (TPSA) is 69.1 Å². The molecule has 31 heavy (non-hydrogen) atoms. The van der Waals surface area contributed by atoms with E-state index in [4.69, 9.17) is 12.2 Å². The molecule has 0 fully saturated rings. The Balaban J connectivity index is 1.61. The van der Waals surface area contributed by atoms with Crippen molar-refractivity contribution in [2.75, 3.05) is 10.3 Å². The molecule has 0 spiro atoms.